The zero-order valence-corrected chi connectivity index (χ0v) is 21.2. The molecular weight excluding hydrogens is 505 g/mol. The molecule has 196 valence electrons. The lowest BCUT2D eigenvalue weighted by Gasteiger charge is -2.45. The first-order valence-corrected chi connectivity index (χ1v) is 12.3. The summed E-state index contributed by atoms with van der Waals surface area (Å²) in [5.41, 5.74) is 1.59. The van der Waals surface area contributed by atoms with Crippen molar-refractivity contribution in [2.45, 2.75) is 19.0 Å². The average Bonchev–Trinajstić information content (AvgIpc) is 2.93. The Hall–Kier alpha value is -4.67. The van der Waals surface area contributed by atoms with Gasteiger partial charge in [0.2, 0.25) is 5.52 Å². The number of hydrogen-bond donors (Lipinski definition) is 0. The molecule has 0 N–H and O–H groups in total. The van der Waals surface area contributed by atoms with Crippen molar-refractivity contribution < 1.29 is 13.2 Å². The summed E-state index contributed by atoms with van der Waals surface area (Å²) in [6.07, 6.45) is 0. The summed E-state index contributed by atoms with van der Waals surface area (Å²) in [6.45, 7) is 10.4. The van der Waals surface area contributed by atoms with Crippen LogP contribution in [0.25, 0.3) is 15.9 Å². The molecule has 2 atom stereocenters. The van der Waals surface area contributed by atoms with E-state index >= 15 is 4.39 Å². The monoisotopic (exact) mass is 528 g/mol. The summed E-state index contributed by atoms with van der Waals surface area (Å²) in [5.74, 6) is -1.69. The van der Waals surface area contributed by atoms with Gasteiger partial charge in [-0.2, -0.15) is 5.26 Å². The van der Waals surface area contributed by atoms with Gasteiger partial charge in [-0.05, 0) is 42.8 Å². The predicted octanol–water partition coefficient (Wildman–Crippen LogP) is 5.07. The molecule has 7 nitrogen and oxygen atoms in total. The molecule has 10 heteroatoms. The average molecular weight is 529 g/mol. The third-order valence-electron chi connectivity index (χ3n) is 7.20. The third-order valence-corrected chi connectivity index (χ3v) is 7.20. The molecule has 4 aromatic rings. The number of hydrogen-bond acceptors (Lipinski definition) is 5. The standard InChI is InChI=1S/C29H23F3N6O/c1-17-16-37(28-22(15-33)29(39)36(3)24-10-11-25(34-2)35-26(24)28)12-13-38(17)27(18-4-6-19(30)7-5-18)21-9-8-20(31)14-23(21)32/h4-11,14,17,27H,12-13,16H2,1,3H3/t17-,27?/m1/s1. The molecule has 2 aromatic heterocycles. The Bertz CT molecular complexity index is 1720. The molecule has 39 heavy (non-hydrogen) atoms. The van der Waals surface area contributed by atoms with Crippen molar-refractivity contribution in [2.75, 3.05) is 24.5 Å². The Kier molecular flexibility index (Phi) is 6.81. The fourth-order valence-corrected chi connectivity index (χ4v) is 5.33. The molecule has 1 aliphatic heterocycles. The zero-order chi connectivity index (χ0) is 27.8. The van der Waals surface area contributed by atoms with Crippen LogP contribution in [-0.2, 0) is 7.05 Å². The van der Waals surface area contributed by atoms with Gasteiger partial charge in [0.05, 0.1) is 11.6 Å². The van der Waals surface area contributed by atoms with Crippen molar-refractivity contribution in [3.63, 3.8) is 0 Å². The molecule has 0 saturated carbocycles. The molecule has 5 rings (SSSR count). The number of rotatable bonds is 4. The SMILES string of the molecule is [C-]#[N+]c1ccc2c(n1)c(N1CCN(C(c3ccc(F)cc3)c3ccc(F)cc3F)[C@H](C)C1)c(C#N)c(=O)n2C. The fourth-order valence-electron chi connectivity index (χ4n) is 5.33. The first-order chi connectivity index (χ1) is 18.7. The minimum absolute atomic E-state index is 0.0695. The van der Waals surface area contributed by atoms with Gasteiger partial charge in [-0.3, -0.25) is 9.69 Å². The van der Waals surface area contributed by atoms with Crippen LogP contribution in [0.5, 0.6) is 0 Å². The Labute approximate surface area is 222 Å². The van der Waals surface area contributed by atoms with Crippen LogP contribution in [0.3, 0.4) is 0 Å². The van der Waals surface area contributed by atoms with Gasteiger partial charge in [0, 0.05) is 44.4 Å². The van der Waals surface area contributed by atoms with Crippen LogP contribution in [0.15, 0.2) is 59.4 Å². The van der Waals surface area contributed by atoms with Crippen LogP contribution in [0.1, 0.15) is 29.7 Å². The highest BCUT2D eigenvalue weighted by Gasteiger charge is 2.35. The number of halogens is 3. The second-order valence-corrected chi connectivity index (χ2v) is 9.50. The van der Waals surface area contributed by atoms with E-state index in [0.29, 0.717) is 41.9 Å². The number of nitrogens with zero attached hydrogens (tertiary/aromatic N) is 6. The number of benzene rings is 2. The Morgan fingerprint density at radius 3 is 2.44 bits per heavy atom. The maximum Gasteiger partial charge on any atom is 0.271 e. The van der Waals surface area contributed by atoms with E-state index in [9.17, 15) is 18.8 Å². The molecule has 0 bridgehead atoms. The molecule has 0 aliphatic carbocycles. The van der Waals surface area contributed by atoms with Gasteiger partial charge in [-0.1, -0.05) is 24.8 Å². The van der Waals surface area contributed by atoms with Crippen LogP contribution in [0.2, 0.25) is 0 Å². The van der Waals surface area contributed by atoms with Gasteiger partial charge in [-0.15, -0.1) is 4.98 Å². The summed E-state index contributed by atoms with van der Waals surface area (Å²) in [7, 11) is 1.56. The van der Waals surface area contributed by atoms with Gasteiger partial charge in [-0.25, -0.2) is 13.2 Å². The number of aryl methyl sites for hydroxylation is 1. The van der Waals surface area contributed by atoms with Gasteiger partial charge in [0.1, 0.15) is 34.8 Å². The third kappa shape index (κ3) is 4.60. The smallest absolute Gasteiger partial charge is 0.271 e. The maximum absolute atomic E-state index is 15.1. The van der Waals surface area contributed by atoms with Crippen molar-refractivity contribution >= 4 is 22.5 Å². The Morgan fingerprint density at radius 2 is 1.79 bits per heavy atom. The lowest BCUT2D eigenvalue weighted by molar-refractivity contribution is 0.147. The molecule has 3 heterocycles. The van der Waals surface area contributed by atoms with Gasteiger partial charge in [0.25, 0.3) is 11.4 Å². The van der Waals surface area contributed by atoms with E-state index in [1.807, 2.05) is 22.8 Å². The number of nitriles is 1. The van der Waals surface area contributed by atoms with Crippen molar-refractivity contribution in [3.8, 4) is 6.07 Å². The van der Waals surface area contributed by atoms with Crippen LogP contribution < -0.4 is 10.5 Å². The predicted molar refractivity (Wildman–Crippen MR) is 141 cm³/mol. The van der Waals surface area contributed by atoms with Crippen LogP contribution >= 0.6 is 0 Å². The highest BCUT2D eigenvalue weighted by atomic mass is 19.1. The van der Waals surface area contributed by atoms with E-state index in [2.05, 4.69) is 9.83 Å². The topological polar surface area (TPSA) is 69.5 Å². The van der Waals surface area contributed by atoms with E-state index in [-0.39, 0.29) is 23.0 Å². The summed E-state index contributed by atoms with van der Waals surface area (Å²) < 4.78 is 43.9. The first-order valence-electron chi connectivity index (χ1n) is 12.3. The van der Waals surface area contributed by atoms with Crippen molar-refractivity contribution in [2.24, 2.45) is 7.05 Å². The number of aromatic nitrogens is 2. The number of piperazine rings is 1. The molecule has 1 fully saturated rings. The van der Waals surface area contributed by atoms with Crippen LogP contribution in [0.4, 0.5) is 24.7 Å². The van der Waals surface area contributed by atoms with E-state index < -0.39 is 29.1 Å². The van der Waals surface area contributed by atoms with E-state index in [0.717, 1.165) is 6.07 Å². The van der Waals surface area contributed by atoms with E-state index in [1.54, 1.807) is 25.2 Å². The maximum atomic E-state index is 15.1. The summed E-state index contributed by atoms with van der Waals surface area (Å²) >= 11 is 0. The van der Waals surface area contributed by atoms with Gasteiger partial charge >= 0.3 is 0 Å². The van der Waals surface area contributed by atoms with Crippen LogP contribution in [-0.4, -0.2) is 40.1 Å². The first kappa shape index (κ1) is 26.0. The van der Waals surface area contributed by atoms with E-state index in [1.165, 1.54) is 34.9 Å². The zero-order valence-electron chi connectivity index (χ0n) is 21.2. The molecule has 1 unspecified atom stereocenters. The van der Waals surface area contributed by atoms with Crippen molar-refractivity contribution in [1.82, 2.24) is 14.5 Å². The van der Waals surface area contributed by atoms with Gasteiger partial charge < -0.3 is 14.3 Å². The minimum Gasteiger partial charge on any atom is -0.364 e. The molecule has 2 aromatic carbocycles. The van der Waals surface area contributed by atoms with E-state index in [4.69, 9.17) is 6.57 Å². The molecule has 0 spiro atoms. The Balaban J connectivity index is 1.58. The summed E-state index contributed by atoms with van der Waals surface area (Å²) in [4.78, 5) is 24.8. The van der Waals surface area contributed by atoms with Gasteiger partial charge in [0.15, 0.2) is 0 Å². The normalized spacial score (nSPS) is 16.6. The van der Waals surface area contributed by atoms with Crippen LogP contribution in [0, 0.1) is 35.4 Å². The highest BCUT2D eigenvalue weighted by molar-refractivity contribution is 5.92. The Morgan fingerprint density at radius 1 is 1.08 bits per heavy atom. The number of pyridine rings is 2. The number of fused-ring (bicyclic) bond motifs is 1. The summed E-state index contributed by atoms with van der Waals surface area (Å²) in [6, 6.07) is 13.5. The molecule has 1 saturated heterocycles. The molecule has 0 radical (unpaired) electrons. The van der Waals surface area contributed by atoms with Crippen molar-refractivity contribution in [3.05, 3.63) is 111 Å². The quantitative estimate of drug-likeness (QED) is 0.346. The van der Waals surface area contributed by atoms with Crippen molar-refractivity contribution in [1.29, 1.82) is 5.26 Å². The molecule has 0 amide bonds. The summed E-state index contributed by atoms with van der Waals surface area (Å²) in [5, 5.41) is 9.93. The second kappa shape index (κ2) is 10.2. The highest BCUT2D eigenvalue weighted by Crippen LogP contribution is 2.36. The number of anilines is 1. The second-order valence-electron chi connectivity index (χ2n) is 9.50. The lowest BCUT2D eigenvalue weighted by Crippen LogP contribution is -2.53. The minimum atomic E-state index is -0.709. The largest absolute Gasteiger partial charge is 0.364 e. The lowest BCUT2D eigenvalue weighted by atomic mass is 9.94. The molecule has 1 aliphatic rings. The fraction of sp³-hybridized carbons (Fsp3) is 0.241. The molecular formula is C29H23F3N6O.